The lowest BCUT2D eigenvalue weighted by molar-refractivity contribution is -0.143. The SMILES string of the molecule is N=C(N)NC1=CC=CC(C(F)(F)F)C1=S. The first-order valence-corrected chi connectivity index (χ1v) is 4.33. The molecule has 15 heavy (non-hydrogen) atoms. The second-order valence-corrected chi connectivity index (χ2v) is 3.33. The molecular formula is C8H8F3N3S. The fourth-order valence-electron chi connectivity index (χ4n) is 1.11. The lowest BCUT2D eigenvalue weighted by Crippen LogP contribution is -2.38. The second-order valence-electron chi connectivity index (χ2n) is 2.89. The first kappa shape index (κ1) is 11.7. The molecule has 0 aliphatic heterocycles. The van der Waals surface area contributed by atoms with Crippen molar-refractivity contribution in [2.45, 2.75) is 6.18 Å². The minimum absolute atomic E-state index is 0.0438. The van der Waals surface area contributed by atoms with Crippen molar-refractivity contribution in [3.8, 4) is 0 Å². The van der Waals surface area contributed by atoms with E-state index in [1.54, 1.807) is 0 Å². The maximum Gasteiger partial charge on any atom is 0.400 e. The van der Waals surface area contributed by atoms with Gasteiger partial charge in [0.25, 0.3) is 0 Å². The summed E-state index contributed by atoms with van der Waals surface area (Å²) in [6.45, 7) is 0. The maximum atomic E-state index is 12.4. The number of nitrogens with two attached hydrogens (primary N) is 1. The molecule has 7 heteroatoms. The number of halogens is 3. The average molecular weight is 235 g/mol. The van der Waals surface area contributed by atoms with Gasteiger partial charge in [-0.3, -0.25) is 5.41 Å². The van der Waals surface area contributed by atoms with Gasteiger partial charge in [-0.25, -0.2) is 0 Å². The van der Waals surface area contributed by atoms with Crippen molar-refractivity contribution in [1.29, 1.82) is 5.41 Å². The molecule has 0 aromatic rings. The van der Waals surface area contributed by atoms with E-state index in [0.29, 0.717) is 0 Å². The van der Waals surface area contributed by atoms with Crippen LogP contribution in [0.3, 0.4) is 0 Å². The Morgan fingerprint density at radius 1 is 1.53 bits per heavy atom. The number of alkyl halides is 3. The van der Waals surface area contributed by atoms with E-state index in [2.05, 4.69) is 17.5 Å². The van der Waals surface area contributed by atoms with Crippen LogP contribution in [-0.4, -0.2) is 17.0 Å². The van der Waals surface area contributed by atoms with Crippen molar-refractivity contribution in [1.82, 2.24) is 5.32 Å². The number of rotatable bonds is 1. The Hall–Kier alpha value is -1.37. The monoisotopic (exact) mass is 235 g/mol. The van der Waals surface area contributed by atoms with Crippen LogP contribution in [0, 0.1) is 11.3 Å². The third-order valence-corrected chi connectivity index (χ3v) is 2.21. The zero-order valence-electron chi connectivity index (χ0n) is 7.43. The molecule has 0 fully saturated rings. The Bertz CT molecular complexity index is 357. The van der Waals surface area contributed by atoms with Gasteiger partial charge >= 0.3 is 6.18 Å². The molecule has 1 aliphatic carbocycles. The summed E-state index contributed by atoms with van der Waals surface area (Å²) in [5.41, 5.74) is 5.05. The fraction of sp³-hybridized carbons (Fsp3) is 0.250. The van der Waals surface area contributed by atoms with Gasteiger partial charge < -0.3 is 11.1 Å². The van der Waals surface area contributed by atoms with Crippen LogP contribution in [0.2, 0.25) is 0 Å². The quantitative estimate of drug-likeness (QED) is 0.366. The van der Waals surface area contributed by atoms with E-state index in [9.17, 15) is 13.2 Å². The van der Waals surface area contributed by atoms with Crippen LogP contribution in [0.5, 0.6) is 0 Å². The van der Waals surface area contributed by atoms with Crippen LogP contribution in [0.15, 0.2) is 23.9 Å². The minimum atomic E-state index is -4.41. The molecule has 0 aromatic heterocycles. The largest absolute Gasteiger partial charge is 0.400 e. The van der Waals surface area contributed by atoms with E-state index >= 15 is 0 Å². The Morgan fingerprint density at radius 2 is 2.13 bits per heavy atom. The first-order valence-electron chi connectivity index (χ1n) is 3.93. The summed E-state index contributed by atoms with van der Waals surface area (Å²) in [6, 6.07) is 0. The molecule has 0 aromatic carbocycles. The molecule has 0 heterocycles. The summed E-state index contributed by atoms with van der Waals surface area (Å²) in [6.07, 6.45) is -0.857. The normalized spacial score (nSPS) is 21.1. The molecule has 1 atom stereocenters. The molecular weight excluding hydrogens is 227 g/mol. The van der Waals surface area contributed by atoms with Crippen LogP contribution >= 0.6 is 12.2 Å². The number of hydrogen-bond donors (Lipinski definition) is 3. The van der Waals surface area contributed by atoms with E-state index < -0.39 is 18.1 Å². The summed E-state index contributed by atoms with van der Waals surface area (Å²) >= 11 is 4.66. The summed E-state index contributed by atoms with van der Waals surface area (Å²) in [4.78, 5) is -0.305. The molecule has 4 N–H and O–H groups in total. The molecule has 0 radical (unpaired) electrons. The Labute approximate surface area is 89.3 Å². The number of guanidine groups is 1. The van der Waals surface area contributed by atoms with Crippen molar-refractivity contribution in [3.05, 3.63) is 23.9 Å². The molecule has 0 amide bonds. The third-order valence-electron chi connectivity index (χ3n) is 1.74. The van der Waals surface area contributed by atoms with Gasteiger partial charge in [0.2, 0.25) is 0 Å². The van der Waals surface area contributed by atoms with Crippen molar-refractivity contribution >= 4 is 23.0 Å². The molecule has 1 unspecified atom stereocenters. The summed E-state index contributed by atoms with van der Waals surface area (Å²) in [7, 11) is 0. The van der Waals surface area contributed by atoms with Gasteiger partial charge in [0.05, 0.1) is 10.6 Å². The molecule has 1 aliphatic rings. The van der Waals surface area contributed by atoms with Crippen LogP contribution < -0.4 is 11.1 Å². The van der Waals surface area contributed by atoms with Gasteiger partial charge in [-0.1, -0.05) is 24.4 Å². The summed E-state index contributed by atoms with van der Waals surface area (Å²) in [5.74, 6) is -2.24. The predicted octanol–water partition coefficient (Wildman–Crippen LogP) is 1.47. The van der Waals surface area contributed by atoms with Gasteiger partial charge in [0.15, 0.2) is 5.96 Å². The predicted molar refractivity (Wildman–Crippen MR) is 54.4 cm³/mol. The Kier molecular flexibility index (Phi) is 3.13. The van der Waals surface area contributed by atoms with E-state index in [1.807, 2.05) is 0 Å². The van der Waals surface area contributed by atoms with Crippen molar-refractivity contribution in [2.24, 2.45) is 11.7 Å². The lowest BCUT2D eigenvalue weighted by atomic mass is 9.97. The average Bonchev–Trinajstić information content (AvgIpc) is 2.05. The molecule has 0 spiro atoms. The highest BCUT2D eigenvalue weighted by Crippen LogP contribution is 2.32. The van der Waals surface area contributed by atoms with Gasteiger partial charge in [0, 0.05) is 0 Å². The van der Waals surface area contributed by atoms with Crippen molar-refractivity contribution in [3.63, 3.8) is 0 Å². The Balaban J connectivity index is 2.88. The zero-order valence-corrected chi connectivity index (χ0v) is 8.25. The topological polar surface area (TPSA) is 61.9 Å². The molecule has 0 bridgehead atoms. The number of allylic oxidation sites excluding steroid dienone is 4. The molecule has 3 nitrogen and oxygen atoms in total. The highest BCUT2D eigenvalue weighted by molar-refractivity contribution is 7.80. The minimum Gasteiger partial charge on any atom is -0.370 e. The first-order chi connectivity index (χ1) is 6.82. The van der Waals surface area contributed by atoms with Crippen LogP contribution in [-0.2, 0) is 0 Å². The van der Waals surface area contributed by atoms with E-state index in [-0.39, 0.29) is 10.6 Å². The maximum absolute atomic E-state index is 12.4. The highest BCUT2D eigenvalue weighted by atomic mass is 32.1. The van der Waals surface area contributed by atoms with Crippen LogP contribution in [0.4, 0.5) is 13.2 Å². The standard InChI is InChI=1S/C8H8F3N3S/c9-8(10,11)4-2-1-3-5(6(4)15)14-7(12)13/h1-4H,(H4,12,13,14). The number of hydrogen-bond acceptors (Lipinski definition) is 2. The Morgan fingerprint density at radius 3 is 2.60 bits per heavy atom. The third kappa shape index (κ3) is 2.79. The molecule has 0 saturated carbocycles. The molecule has 82 valence electrons. The zero-order chi connectivity index (χ0) is 11.6. The van der Waals surface area contributed by atoms with Gasteiger partial charge in [-0.05, 0) is 6.08 Å². The van der Waals surface area contributed by atoms with Crippen LogP contribution in [0.1, 0.15) is 0 Å². The number of thiocarbonyl (C=S) groups is 1. The molecule has 0 saturated heterocycles. The fourth-order valence-corrected chi connectivity index (χ4v) is 1.44. The number of nitrogens with one attached hydrogen (secondary N) is 2. The van der Waals surface area contributed by atoms with E-state index in [0.717, 1.165) is 6.08 Å². The summed E-state index contributed by atoms with van der Waals surface area (Å²) < 4.78 is 37.3. The second kappa shape index (κ2) is 4.01. The summed E-state index contributed by atoms with van der Waals surface area (Å²) in [5, 5.41) is 9.17. The lowest BCUT2D eigenvalue weighted by Gasteiger charge is -2.22. The van der Waals surface area contributed by atoms with Gasteiger partial charge in [-0.2, -0.15) is 13.2 Å². The van der Waals surface area contributed by atoms with Crippen molar-refractivity contribution < 1.29 is 13.2 Å². The van der Waals surface area contributed by atoms with Gasteiger partial charge in [0.1, 0.15) is 5.92 Å². The van der Waals surface area contributed by atoms with Crippen molar-refractivity contribution in [2.75, 3.05) is 0 Å². The molecule has 1 rings (SSSR count). The van der Waals surface area contributed by atoms with E-state index in [4.69, 9.17) is 11.1 Å². The van der Waals surface area contributed by atoms with Crippen LogP contribution in [0.25, 0.3) is 0 Å². The highest BCUT2D eigenvalue weighted by Gasteiger charge is 2.42. The van der Waals surface area contributed by atoms with Gasteiger partial charge in [-0.15, -0.1) is 0 Å². The smallest absolute Gasteiger partial charge is 0.370 e. The van der Waals surface area contributed by atoms with E-state index in [1.165, 1.54) is 12.2 Å².